The molecule has 24 heavy (non-hydrogen) atoms. The van der Waals surface area contributed by atoms with E-state index in [1.165, 1.54) is 36.5 Å². The number of pyridine rings is 1. The van der Waals surface area contributed by atoms with E-state index in [0.29, 0.717) is 16.7 Å². The van der Waals surface area contributed by atoms with Crippen molar-refractivity contribution in [3.8, 4) is 0 Å². The molecule has 2 N–H and O–H groups in total. The third-order valence-electron chi connectivity index (χ3n) is 3.51. The first-order valence-corrected chi connectivity index (χ1v) is 8.42. The molecule has 0 saturated heterocycles. The zero-order valence-corrected chi connectivity index (χ0v) is 13.7. The van der Waals surface area contributed by atoms with Crippen LogP contribution in [0.3, 0.4) is 0 Å². The molecule has 0 atom stereocenters. The number of fused-ring (bicyclic) bond motifs is 1. The van der Waals surface area contributed by atoms with Gasteiger partial charge in [-0.2, -0.15) is 5.10 Å². The summed E-state index contributed by atoms with van der Waals surface area (Å²) in [5, 5.41) is 13.8. The summed E-state index contributed by atoms with van der Waals surface area (Å²) in [7, 11) is -2.17. The average molecular weight is 346 g/mol. The molecule has 3 aromatic rings. The summed E-state index contributed by atoms with van der Waals surface area (Å²) in [4.78, 5) is 15.1. The molecule has 9 heteroatoms. The van der Waals surface area contributed by atoms with E-state index in [9.17, 15) is 13.2 Å². The van der Waals surface area contributed by atoms with Gasteiger partial charge in [0.05, 0.1) is 11.3 Å². The predicted octanol–water partition coefficient (Wildman–Crippen LogP) is 1.78. The third-order valence-corrected chi connectivity index (χ3v) is 4.86. The second-order valence-corrected chi connectivity index (χ2v) is 6.93. The van der Waals surface area contributed by atoms with E-state index in [4.69, 9.17) is 5.11 Å². The summed E-state index contributed by atoms with van der Waals surface area (Å²) >= 11 is 0. The number of sulfonamides is 1. The van der Waals surface area contributed by atoms with E-state index in [2.05, 4.69) is 14.8 Å². The fourth-order valence-corrected chi connectivity index (χ4v) is 3.39. The zero-order chi connectivity index (χ0) is 17.5. The molecular formula is C15H14N4O4S. The van der Waals surface area contributed by atoms with Crippen LogP contribution in [0.2, 0.25) is 0 Å². The summed E-state index contributed by atoms with van der Waals surface area (Å²) in [5.74, 6) is -1.13. The number of nitrogens with zero attached hydrogens (tertiary/aromatic N) is 3. The summed E-state index contributed by atoms with van der Waals surface area (Å²) in [6.45, 7) is 1.77. The summed E-state index contributed by atoms with van der Waals surface area (Å²) in [6, 6.07) is 7.07. The molecule has 124 valence electrons. The number of carbonyl (C=O) groups is 1. The molecule has 0 radical (unpaired) electrons. The highest BCUT2D eigenvalue weighted by Crippen LogP contribution is 2.22. The molecule has 0 fully saturated rings. The molecule has 0 aliphatic heterocycles. The lowest BCUT2D eigenvalue weighted by molar-refractivity contribution is 0.0697. The number of hydrogen-bond acceptors (Lipinski definition) is 5. The van der Waals surface area contributed by atoms with Gasteiger partial charge in [-0.15, -0.1) is 0 Å². The smallest absolute Gasteiger partial charge is 0.335 e. The minimum atomic E-state index is -3.90. The fourth-order valence-electron chi connectivity index (χ4n) is 2.37. The number of benzene rings is 1. The van der Waals surface area contributed by atoms with Crippen molar-refractivity contribution < 1.29 is 18.3 Å². The highest BCUT2D eigenvalue weighted by atomic mass is 32.2. The van der Waals surface area contributed by atoms with Crippen LogP contribution in [0.15, 0.2) is 41.4 Å². The number of carboxylic acids is 1. The van der Waals surface area contributed by atoms with Crippen LogP contribution in [0.5, 0.6) is 0 Å². The van der Waals surface area contributed by atoms with E-state index >= 15 is 0 Å². The summed E-state index contributed by atoms with van der Waals surface area (Å²) in [5.41, 5.74) is 1.41. The standard InChI is InChI=1S/C15H14N4O4S/c1-9-13-7-12(8-16-14(13)19(2)17-9)24(22,23)18-11-5-3-4-10(6-11)15(20)21/h3-8,18H,1-2H3,(H,20,21). The normalized spacial score (nSPS) is 11.6. The first-order chi connectivity index (χ1) is 11.3. The lowest BCUT2D eigenvalue weighted by Gasteiger charge is -2.08. The first kappa shape index (κ1) is 15.9. The zero-order valence-electron chi connectivity index (χ0n) is 12.9. The molecule has 1 aromatic carbocycles. The number of carboxylic acid groups (broad SMARTS) is 1. The van der Waals surface area contributed by atoms with Crippen molar-refractivity contribution in [2.75, 3.05) is 4.72 Å². The topological polar surface area (TPSA) is 114 Å². The molecule has 2 aromatic heterocycles. The molecule has 8 nitrogen and oxygen atoms in total. The van der Waals surface area contributed by atoms with Gasteiger partial charge in [0.2, 0.25) is 0 Å². The van der Waals surface area contributed by atoms with Gasteiger partial charge in [-0.3, -0.25) is 9.40 Å². The summed E-state index contributed by atoms with van der Waals surface area (Å²) < 4.78 is 29.0. The van der Waals surface area contributed by atoms with Crippen molar-refractivity contribution in [2.45, 2.75) is 11.8 Å². The largest absolute Gasteiger partial charge is 0.478 e. The maximum absolute atomic E-state index is 12.5. The number of anilines is 1. The Bertz CT molecular complexity index is 1060. The van der Waals surface area contributed by atoms with Crippen LogP contribution in [0, 0.1) is 6.92 Å². The van der Waals surface area contributed by atoms with Gasteiger partial charge >= 0.3 is 5.97 Å². The van der Waals surface area contributed by atoms with Crippen molar-refractivity contribution in [1.82, 2.24) is 14.8 Å². The second kappa shape index (κ2) is 5.60. The number of nitrogens with one attached hydrogen (secondary N) is 1. The monoisotopic (exact) mass is 346 g/mol. The number of rotatable bonds is 4. The van der Waals surface area contributed by atoms with Crippen molar-refractivity contribution in [3.05, 3.63) is 47.8 Å². The third kappa shape index (κ3) is 2.81. The number of aromatic nitrogens is 3. The van der Waals surface area contributed by atoms with Gasteiger partial charge in [-0.25, -0.2) is 18.2 Å². The average Bonchev–Trinajstić information content (AvgIpc) is 2.81. The fraction of sp³-hybridized carbons (Fsp3) is 0.133. The van der Waals surface area contributed by atoms with Crippen molar-refractivity contribution in [2.24, 2.45) is 7.05 Å². The second-order valence-electron chi connectivity index (χ2n) is 5.24. The Kier molecular flexibility index (Phi) is 3.72. The summed E-state index contributed by atoms with van der Waals surface area (Å²) in [6.07, 6.45) is 1.24. The Balaban J connectivity index is 2.00. The molecule has 0 unspecified atom stereocenters. The van der Waals surface area contributed by atoms with Gasteiger partial charge in [0.25, 0.3) is 10.0 Å². The molecule has 0 amide bonds. The molecule has 0 aliphatic rings. The van der Waals surface area contributed by atoms with Crippen LogP contribution in [0.1, 0.15) is 16.1 Å². The highest BCUT2D eigenvalue weighted by molar-refractivity contribution is 7.92. The van der Waals surface area contributed by atoms with E-state index in [1.807, 2.05) is 0 Å². The molecular weight excluding hydrogens is 332 g/mol. The highest BCUT2D eigenvalue weighted by Gasteiger charge is 2.18. The minimum Gasteiger partial charge on any atom is -0.478 e. The van der Waals surface area contributed by atoms with Gasteiger partial charge in [-0.05, 0) is 31.2 Å². The van der Waals surface area contributed by atoms with Crippen molar-refractivity contribution >= 4 is 32.7 Å². The Morgan fingerprint density at radius 3 is 2.75 bits per heavy atom. The van der Waals surface area contributed by atoms with Gasteiger partial charge in [-0.1, -0.05) is 6.07 Å². The molecule has 2 heterocycles. The van der Waals surface area contributed by atoms with Crippen LogP contribution in [0.4, 0.5) is 5.69 Å². The van der Waals surface area contributed by atoms with Gasteiger partial charge in [0.1, 0.15) is 4.90 Å². The van der Waals surface area contributed by atoms with Crippen molar-refractivity contribution in [3.63, 3.8) is 0 Å². The van der Waals surface area contributed by atoms with E-state index < -0.39 is 16.0 Å². The van der Waals surface area contributed by atoms with Gasteiger partial charge < -0.3 is 5.11 Å². The number of aromatic carboxylic acids is 1. The molecule has 0 aliphatic carbocycles. The Morgan fingerprint density at radius 1 is 1.29 bits per heavy atom. The number of hydrogen-bond donors (Lipinski definition) is 2. The van der Waals surface area contributed by atoms with E-state index in [1.54, 1.807) is 18.7 Å². The maximum Gasteiger partial charge on any atom is 0.335 e. The SMILES string of the molecule is Cc1nn(C)c2ncc(S(=O)(=O)Nc3cccc(C(=O)O)c3)cc12. The molecule has 3 rings (SSSR count). The lowest BCUT2D eigenvalue weighted by Crippen LogP contribution is -2.13. The van der Waals surface area contributed by atoms with Crippen LogP contribution >= 0.6 is 0 Å². The quantitative estimate of drug-likeness (QED) is 0.744. The minimum absolute atomic E-state index is 0.00752. The first-order valence-electron chi connectivity index (χ1n) is 6.93. The van der Waals surface area contributed by atoms with Gasteiger partial charge in [0, 0.05) is 24.3 Å². The van der Waals surface area contributed by atoms with Crippen LogP contribution in [-0.2, 0) is 17.1 Å². The van der Waals surface area contributed by atoms with Gasteiger partial charge in [0.15, 0.2) is 5.65 Å². The predicted molar refractivity (Wildman–Crippen MR) is 87.5 cm³/mol. The van der Waals surface area contributed by atoms with Crippen molar-refractivity contribution in [1.29, 1.82) is 0 Å². The van der Waals surface area contributed by atoms with Crippen LogP contribution in [0.25, 0.3) is 11.0 Å². The van der Waals surface area contributed by atoms with Crippen LogP contribution < -0.4 is 4.72 Å². The van der Waals surface area contributed by atoms with Crippen LogP contribution in [-0.4, -0.2) is 34.3 Å². The van der Waals surface area contributed by atoms with E-state index in [0.717, 1.165) is 0 Å². The Morgan fingerprint density at radius 2 is 2.04 bits per heavy atom. The Hall–Kier alpha value is -2.94. The number of aryl methyl sites for hydroxylation is 2. The lowest BCUT2D eigenvalue weighted by atomic mass is 10.2. The maximum atomic E-state index is 12.5. The molecule has 0 spiro atoms. The molecule has 0 saturated carbocycles. The molecule has 0 bridgehead atoms. The Labute approximate surface area is 137 Å². The van der Waals surface area contributed by atoms with E-state index in [-0.39, 0.29) is 16.1 Å².